The van der Waals surface area contributed by atoms with Crippen LogP contribution in [0.5, 0.6) is 0 Å². The van der Waals surface area contributed by atoms with E-state index in [4.69, 9.17) is 9.15 Å². The SMILES string of the molecule is CCn1c(COC(=O)CCNC(=O)c2ccco2)nc2cc(S(=O)(=O)N3CCCCC3)ccc21. The molecule has 1 aliphatic heterocycles. The first kappa shape index (κ1) is 24.0. The second-order valence-electron chi connectivity index (χ2n) is 8.03. The van der Waals surface area contributed by atoms with Crippen LogP contribution in [-0.4, -0.2) is 53.8 Å². The number of hydrogen-bond donors (Lipinski definition) is 1. The summed E-state index contributed by atoms with van der Waals surface area (Å²) in [5, 5.41) is 2.59. The highest BCUT2D eigenvalue weighted by atomic mass is 32.2. The lowest BCUT2D eigenvalue weighted by molar-refractivity contribution is -0.145. The number of rotatable bonds is 9. The standard InChI is InChI=1S/C23H28N4O6S/c1-2-27-19-9-8-17(34(30,31)26-12-4-3-5-13-26)15-18(19)25-21(27)16-33-22(28)10-11-24-23(29)20-7-6-14-32-20/h6-9,14-15H,2-5,10-13,16H2,1H3,(H,24,29). The van der Waals surface area contributed by atoms with Gasteiger partial charge in [-0.2, -0.15) is 4.31 Å². The molecular weight excluding hydrogens is 460 g/mol. The highest BCUT2D eigenvalue weighted by molar-refractivity contribution is 7.89. The summed E-state index contributed by atoms with van der Waals surface area (Å²) in [6.45, 7) is 3.65. The lowest BCUT2D eigenvalue weighted by atomic mass is 10.2. The summed E-state index contributed by atoms with van der Waals surface area (Å²) in [5.41, 5.74) is 1.31. The van der Waals surface area contributed by atoms with Gasteiger partial charge in [0.05, 0.1) is 28.6 Å². The number of carbonyl (C=O) groups is 2. The van der Waals surface area contributed by atoms with Gasteiger partial charge in [0.25, 0.3) is 5.91 Å². The molecule has 0 atom stereocenters. The lowest BCUT2D eigenvalue weighted by Crippen LogP contribution is -2.35. The zero-order valence-corrected chi connectivity index (χ0v) is 19.8. The Bertz CT molecular complexity index is 1260. The number of nitrogens with one attached hydrogen (secondary N) is 1. The van der Waals surface area contributed by atoms with Gasteiger partial charge >= 0.3 is 5.97 Å². The second kappa shape index (κ2) is 10.4. The number of esters is 1. The van der Waals surface area contributed by atoms with Gasteiger partial charge in [0, 0.05) is 26.2 Å². The summed E-state index contributed by atoms with van der Waals surface area (Å²) in [7, 11) is -3.57. The molecule has 0 radical (unpaired) electrons. The second-order valence-corrected chi connectivity index (χ2v) is 9.97. The van der Waals surface area contributed by atoms with E-state index in [0.29, 0.717) is 31.0 Å². The van der Waals surface area contributed by atoms with E-state index in [1.54, 1.807) is 24.3 Å². The summed E-state index contributed by atoms with van der Waals surface area (Å²) in [4.78, 5) is 28.7. The topological polar surface area (TPSA) is 124 Å². The molecule has 3 aromatic rings. The summed E-state index contributed by atoms with van der Waals surface area (Å²) in [5.74, 6) is -0.187. The van der Waals surface area contributed by atoms with Crippen LogP contribution in [0.25, 0.3) is 11.0 Å². The number of nitrogens with zero attached hydrogens (tertiary/aromatic N) is 3. The van der Waals surface area contributed by atoms with Gasteiger partial charge in [-0.1, -0.05) is 6.42 Å². The number of carbonyl (C=O) groups excluding carboxylic acids is 2. The van der Waals surface area contributed by atoms with Crippen LogP contribution < -0.4 is 5.32 Å². The van der Waals surface area contributed by atoms with E-state index in [1.807, 2.05) is 11.5 Å². The third-order valence-electron chi connectivity index (χ3n) is 5.79. The maximum Gasteiger partial charge on any atom is 0.308 e. The predicted molar refractivity (Wildman–Crippen MR) is 123 cm³/mol. The number of ether oxygens (including phenoxy) is 1. The van der Waals surface area contributed by atoms with Gasteiger partial charge in [-0.05, 0) is 50.1 Å². The Morgan fingerprint density at radius 1 is 1.18 bits per heavy atom. The number of fused-ring (bicyclic) bond motifs is 1. The molecule has 0 spiro atoms. The van der Waals surface area contributed by atoms with Crippen LogP contribution in [0.1, 0.15) is 49.0 Å². The predicted octanol–water partition coefficient (Wildman–Crippen LogP) is 2.69. The third-order valence-corrected chi connectivity index (χ3v) is 7.68. The van der Waals surface area contributed by atoms with Gasteiger partial charge in [-0.25, -0.2) is 13.4 Å². The number of piperidine rings is 1. The van der Waals surface area contributed by atoms with Gasteiger partial charge in [0.15, 0.2) is 5.76 Å². The molecule has 3 heterocycles. The monoisotopic (exact) mass is 488 g/mol. The third kappa shape index (κ3) is 5.15. The van der Waals surface area contributed by atoms with Gasteiger partial charge in [0.1, 0.15) is 12.4 Å². The van der Waals surface area contributed by atoms with Gasteiger partial charge < -0.3 is 19.0 Å². The van der Waals surface area contributed by atoms with Crippen molar-refractivity contribution in [1.29, 1.82) is 0 Å². The Morgan fingerprint density at radius 3 is 2.68 bits per heavy atom. The van der Waals surface area contributed by atoms with E-state index in [-0.39, 0.29) is 30.2 Å². The normalized spacial score (nSPS) is 14.9. The van der Waals surface area contributed by atoms with Crippen LogP contribution in [0.3, 0.4) is 0 Å². The van der Waals surface area contributed by atoms with E-state index in [9.17, 15) is 18.0 Å². The maximum atomic E-state index is 13.0. The van der Waals surface area contributed by atoms with Crippen LogP contribution in [0.2, 0.25) is 0 Å². The zero-order valence-electron chi connectivity index (χ0n) is 19.0. The molecule has 1 N–H and O–H groups in total. The number of hydrogen-bond acceptors (Lipinski definition) is 7. The largest absolute Gasteiger partial charge is 0.459 e. The van der Waals surface area contributed by atoms with E-state index < -0.39 is 21.9 Å². The van der Waals surface area contributed by atoms with Crippen LogP contribution >= 0.6 is 0 Å². The number of amides is 1. The molecular formula is C23H28N4O6S. The molecule has 0 aliphatic carbocycles. The number of imidazole rings is 1. The summed E-state index contributed by atoms with van der Waals surface area (Å²) < 4.78 is 39.8. The molecule has 2 aromatic heterocycles. The molecule has 1 amide bonds. The molecule has 1 saturated heterocycles. The molecule has 1 aliphatic rings. The Labute approximate surface area is 197 Å². The molecule has 34 heavy (non-hydrogen) atoms. The van der Waals surface area contributed by atoms with Gasteiger partial charge in [-0.3, -0.25) is 9.59 Å². The van der Waals surface area contributed by atoms with Gasteiger partial charge in [0.2, 0.25) is 10.0 Å². The maximum absolute atomic E-state index is 13.0. The summed E-state index contributed by atoms with van der Waals surface area (Å²) in [6.07, 6.45) is 4.18. The van der Waals surface area contributed by atoms with E-state index in [2.05, 4.69) is 10.3 Å². The summed E-state index contributed by atoms with van der Waals surface area (Å²) in [6, 6.07) is 8.08. The molecule has 0 bridgehead atoms. The van der Waals surface area contributed by atoms with E-state index in [1.165, 1.54) is 16.6 Å². The fourth-order valence-corrected chi connectivity index (χ4v) is 5.57. The number of aryl methyl sites for hydroxylation is 1. The molecule has 4 rings (SSSR count). The van der Waals surface area contributed by atoms with Crippen molar-refractivity contribution in [3.05, 3.63) is 48.2 Å². The molecule has 1 aromatic carbocycles. The quantitative estimate of drug-likeness (QED) is 0.459. The van der Waals surface area contributed by atoms with E-state index in [0.717, 1.165) is 24.8 Å². The Kier molecular flexibility index (Phi) is 7.32. The first-order valence-corrected chi connectivity index (χ1v) is 12.8. The minimum atomic E-state index is -3.57. The van der Waals surface area contributed by atoms with Crippen molar-refractivity contribution in [2.75, 3.05) is 19.6 Å². The fraction of sp³-hybridized carbons (Fsp3) is 0.435. The first-order chi connectivity index (χ1) is 16.4. The molecule has 10 nitrogen and oxygen atoms in total. The van der Waals surface area contributed by atoms with Crippen molar-refractivity contribution in [3.8, 4) is 0 Å². The molecule has 11 heteroatoms. The first-order valence-electron chi connectivity index (χ1n) is 11.4. The van der Waals surface area contributed by atoms with Crippen molar-refractivity contribution < 1.29 is 27.2 Å². The zero-order chi connectivity index (χ0) is 24.1. The van der Waals surface area contributed by atoms with Gasteiger partial charge in [-0.15, -0.1) is 0 Å². The van der Waals surface area contributed by atoms with Crippen LogP contribution in [0, 0.1) is 0 Å². The average molecular weight is 489 g/mol. The van der Waals surface area contributed by atoms with Crippen molar-refractivity contribution in [3.63, 3.8) is 0 Å². The number of aromatic nitrogens is 2. The van der Waals surface area contributed by atoms with Crippen molar-refractivity contribution in [1.82, 2.24) is 19.2 Å². The highest BCUT2D eigenvalue weighted by Crippen LogP contribution is 2.25. The van der Waals surface area contributed by atoms with Crippen LogP contribution in [0.15, 0.2) is 45.9 Å². The smallest absolute Gasteiger partial charge is 0.308 e. The molecule has 182 valence electrons. The van der Waals surface area contributed by atoms with Crippen molar-refractivity contribution >= 4 is 32.9 Å². The Morgan fingerprint density at radius 2 is 1.97 bits per heavy atom. The number of benzene rings is 1. The minimum Gasteiger partial charge on any atom is -0.459 e. The lowest BCUT2D eigenvalue weighted by Gasteiger charge is -2.25. The van der Waals surface area contributed by atoms with Crippen LogP contribution in [-0.2, 0) is 32.7 Å². The van der Waals surface area contributed by atoms with Crippen molar-refractivity contribution in [2.45, 2.75) is 50.7 Å². The summed E-state index contributed by atoms with van der Waals surface area (Å²) >= 11 is 0. The Hall–Kier alpha value is -3.18. The highest BCUT2D eigenvalue weighted by Gasteiger charge is 2.26. The average Bonchev–Trinajstić information content (AvgIpc) is 3.50. The number of furan rings is 1. The molecule has 0 unspecified atom stereocenters. The molecule has 0 saturated carbocycles. The minimum absolute atomic E-state index is 0.00295. The number of sulfonamides is 1. The van der Waals surface area contributed by atoms with E-state index >= 15 is 0 Å². The molecule has 1 fully saturated rings. The fourth-order valence-electron chi connectivity index (χ4n) is 4.03. The van der Waals surface area contributed by atoms with Crippen LogP contribution in [0.4, 0.5) is 0 Å². The Balaban J connectivity index is 1.40. The van der Waals surface area contributed by atoms with Crippen molar-refractivity contribution in [2.24, 2.45) is 0 Å².